The molecule has 21 heavy (non-hydrogen) atoms. The molecule has 1 aliphatic heterocycles. The van der Waals surface area contributed by atoms with Gasteiger partial charge in [0.2, 0.25) is 11.7 Å². The van der Waals surface area contributed by atoms with Crippen molar-refractivity contribution in [3.8, 4) is 5.88 Å². The highest BCUT2D eigenvalue weighted by molar-refractivity contribution is 5.38. The molecule has 1 saturated heterocycles. The van der Waals surface area contributed by atoms with Gasteiger partial charge < -0.3 is 14.8 Å². The molecule has 1 fully saturated rings. The molecule has 0 radical (unpaired) electrons. The van der Waals surface area contributed by atoms with Crippen LogP contribution in [-0.2, 0) is 10.9 Å². The number of hydrogen-bond donors (Lipinski definition) is 1. The lowest BCUT2D eigenvalue weighted by Gasteiger charge is -2.32. The molecule has 0 saturated carbocycles. The molecule has 2 rings (SSSR count). The van der Waals surface area contributed by atoms with E-state index >= 15 is 0 Å². The summed E-state index contributed by atoms with van der Waals surface area (Å²) >= 11 is 0. The van der Waals surface area contributed by atoms with Gasteiger partial charge in [0, 0.05) is 26.0 Å². The lowest BCUT2D eigenvalue weighted by molar-refractivity contribution is -0.145. The van der Waals surface area contributed by atoms with Gasteiger partial charge in [-0.25, -0.2) is 4.98 Å². The van der Waals surface area contributed by atoms with Crippen molar-refractivity contribution in [3.05, 3.63) is 11.9 Å². The van der Waals surface area contributed by atoms with Crippen LogP contribution in [0, 0.1) is 0 Å². The van der Waals surface area contributed by atoms with E-state index in [1.54, 1.807) is 0 Å². The third-order valence-corrected chi connectivity index (χ3v) is 3.15. The van der Waals surface area contributed by atoms with Gasteiger partial charge in [-0.2, -0.15) is 18.2 Å². The van der Waals surface area contributed by atoms with E-state index in [9.17, 15) is 13.2 Å². The number of anilines is 1. The van der Waals surface area contributed by atoms with E-state index in [0.717, 1.165) is 0 Å². The molecule has 1 N–H and O–H groups in total. The SMILES string of the molecule is CNc1cc(OC2CC(C)OC(C)C2)nc(C(F)(F)F)n1. The number of rotatable bonds is 3. The topological polar surface area (TPSA) is 56.3 Å². The molecule has 0 spiro atoms. The van der Waals surface area contributed by atoms with Crippen molar-refractivity contribution in [1.29, 1.82) is 0 Å². The maximum Gasteiger partial charge on any atom is 0.451 e. The number of nitrogens with zero attached hydrogens (tertiary/aromatic N) is 2. The zero-order valence-electron chi connectivity index (χ0n) is 12.1. The van der Waals surface area contributed by atoms with Crippen molar-refractivity contribution in [2.24, 2.45) is 0 Å². The van der Waals surface area contributed by atoms with Crippen LogP contribution in [0.15, 0.2) is 6.07 Å². The van der Waals surface area contributed by atoms with Crippen molar-refractivity contribution >= 4 is 5.82 Å². The predicted molar refractivity (Wildman–Crippen MR) is 70.2 cm³/mol. The number of ether oxygens (including phenoxy) is 2. The second-order valence-corrected chi connectivity index (χ2v) is 5.13. The first-order valence-electron chi connectivity index (χ1n) is 6.74. The Morgan fingerprint density at radius 3 is 2.38 bits per heavy atom. The highest BCUT2D eigenvalue weighted by atomic mass is 19.4. The molecular formula is C13H18F3N3O2. The van der Waals surface area contributed by atoms with Crippen LogP contribution >= 0.6 is 0 Å². The van der Waals surface area contributed by atoms with E-state index in [1.165, 1.54) is 13.1 Å². The fourth-order valence-electron chi connectivity index (χ4n) is 2.35. The maximum absolute atomic E-state index is 12.8. The summed E-state index contributed by atoms with van der Waals surface area (Å²) in [5.74, 6) is -1.22. The van der Waals surface area contributed by atoms with E-state index in [2.05, 4.69) is 15.3 Å². The Labute approximate surface area is 120 Å². The van der Waals surface area contributed by atoms with Crippen molar-refractivity contribution in [2.75, 3.05) is 12.4 Å². The summed E-state index contributed by atoms with van der Waals surface area (Å²) in [7, 11) is 1.49. The van der Waals surface area contributed by atoms with Gasteiger partial charge in [0.1, 0.15) is 11.9 Å². The van der Waals surface area contributed by atoms with Crippen LogP contribution in [0.1, 0.15) is 32.5 Å². The Balaban J connectivity index is 2.19. The quantitative estimate of drug-likeness (QED) is 0.930. The Morgan fingerprint density at radius 1 is 1.24 bits per heavy atom. The molecular weight excluding hydrogens is 287 g/mol. The second kappa shape index (κ2) is 6.05. The average molecular weight is 305 g/mol. The molecule has 0 amide bonds. The molecule has 0 aromatic carbocycles. The smallest absolute Gasteiger partial charge is 0.451 e. The second-order valence-electron chi connectivity index (χ2n) is 5.13. The fraction of sp³-hybridized carbons (Fsp3) is 0.692. The van der Waals surface area contributed by atoms with Gasteiger partial charge in [0.15, 0.2) is 0 Å². The summed E-state index contributed by atoms with van der Waals surface area (Å²) < 4.78 is 49.5. The zero-order chi connectivity index (χ0) is 15.6. The first-order valence-corrected chi connectivity index (χ1v) is 6.74. The van der Waals surface area contributed by atoms with Gasteiger partial charge in [-0.3, -0.25) is 0 Å². The largest absolute Gasteiger partial charge is 0.474 e. The molecule has 5 nitrogen and oxygen atoms in total. The van der Waals surface area contributed by atoms with Crippen molar-refractivity contribution in [1.82, 2.24) is 9.97 Å². The number of alkyl halides is 3. The number of halogens is 3. The van der Waals surface area contributed by atoms with Crippen LogP contribution in [0.5, 0.6) is 5.88 Å². The zero-order valence-corrected chi connectivity index (χ0v) is 12.1. The van der Waals surface area contributed by atoms with E-state index in [4.69, 9.17) is 9.47 Å². The third kappa shape index (κ3) is 4.20. The summed E-state index contributed by atoms with van der Waals surface area (Å²) in [6.45, 7) is 3.82. The van der Waals surface area contributed by atoms with Crippen molar-refractivity contribution in [2.45, 2.75) is 51.2 Å². The molecule has 1 aromatic heterocycles. The van der Waals surface area contributed by atoms with E-state index in [0.29, 0.717) is 12.8 Å². The molecule has 8 heteroatoms. The minimum absolute atomic E-state index is 0.00597. The normalized spacial score (nSPS) is 26.5. The lowest BCUT2D eigenvalue weighted by atomic mass is 10.0. The molecule has 2 atom stereocenters. The highest BCUT2D eigenvalue weighted by Gasteiger charge is 2.36. The molecule has 1 aromatic rings. The first kappa shape index (κ1) is 15.8. The van der Waals surface area contributed by atoms with Crippen LogP contribution in [0.25, 0.3) is 0 Å². The number of aromatic nitrogens is 2. The highest BCUT2D eigenvalue weighted by Crippen LogP contribution is 2.30. The standard InChI is InChI=1S/C13H18F3N3O2/c1-7-4-9(5-8(2)20-7)21-11-6-10(17-3)18-12(19-11)13(14,15)16/h6-9H,4-5H2,1-3H3,(H,17,18,19). The molecule has 2 heterocycles. The van der Waals surface area contributed by atoms with Crippen molar-refractivity contribution < 1.29 is 22.6 Å². The molecule has 0 bridgehead atoms. The van der Waals surface area contributed by atoms with Gasteiger partial charge >= 0.3 is 6.18 Å². The molecule has 1 aliphatic rings. The Bertz CT molecular complexity index is 486. The summed E-state index contributed by atoms with van der Waals surface area (Å²) in [5, 5.41) is 2.58. The number of hydrogen-bond acceptors (Lipinski definition) is 5. The minimum atomic E-state index is -4.61. The molecule has 0 aliphatic carbocycles. The molecule has 2 unspecified atom stereocenters. The van der Waals surface area contributed by atoms with Gasteiger partial charge in [0.05, 0.1) is 12.2 Å². The van der Waals surface area contributed by atoms with E-state index < -0.39 is 12.0 Å². The van der Waals surface area contributed by atoms with Gasteiger partial charge in [-0.1, -0.05) is 0 Å². The van der Waals surface area contributed by atoms with Crippen LogP contribution in [0.4, 0.5) is 19.0 Å². The average Bonchev–Trinajstić information content (AvgIpc) is 2.36. The summed E-state index contributed by atoms with van der Waals surface area (Å²) in [5.41, 5.74) is 0. The van der Waals surface area contributed by atoms with Crippen molar-refractivity contribution in [3.63, 3.8) is 0 Å². The Kier molecular flexibility index (Phi) is 4.55. The summed E-state index contributed by atoms with van der Waals surface area (Å²) in [6, 6.07) is 1.36. The van der Waals surface area contributed by atoms with Crippen LogP contribution in [0.3, 0.4) is 0 Å². The van der Waals surface area contributed by atoms with E-state index in [1.807, 2.05) is 13.8 Å². The minimum Gasteiger partial charge on any atom is -0.474 e. The van der Waals surface area contributed by atoms with Gasteiger partial charge in [-0.05, 0) is 13.8 Å². The maximum atomic E-state index is 12.8. The van der Waals surface area contributed by atoms with Gasteiger partial charge in [-0.15, -0.1) is 0 Å². The van der Waals surface area contributed by atoms with Crippen LogP contribution in [0.2, 0.25) is 0 Å². The van der Waals surface area contributed by atoms with Gasteiger partial charge in [0.25, 0.3) is 0 Å². The van der Waals surface area contributed by atoms with Crippen LogP contribution in [-0.4, -0.2) is 35.3 Å². The number of nitrogens with one attached hydrogen (secondary N) is 1. The van der Waals surface area contributed by atoms with Crippen LogP contribution < -0.4 is 10.1 Å². The van der Waals surface area contributed by atoms with E-state index in [-0.39, 0.29) is 30.0 Å². The summed E-state index contributed by atoms with van der Waals surface area (Å²) in [6.07, 6.45) is -3.58. The summed E-state index contributed by atoms with van der Waals surface area (Å²) in [4.78, 5) is 6.85. The fourth-order valence-corrected chi connectivity index (χ4v) is 2.35. The third-order valence-electron chi connectivity index (χ3n) is 3.15. The first-order chi connectivity index (χ1) is 9.77. The Morgan fingerprint density at radius 2 is 1.86 bits per heavy atom. The Hall–Kier alpha value is -1.57. The lowest BCUT2D eigenvalue weighted by Crippen LogP contribution is -2.36. The predicted octanol–water partition coefficient (Wildman–Crippen LogP) is 2.87. The molecule has 118 valence electrons. The monoisotopic (exact) mass is 305 g/mol.